The predicted octanol–water partition coefficient (Wildman–Crippen LogP) is 1.09. The van der Waals surface area contributed by atoms with Gasteiger partial charge in [0.2, 0.25) is 0 Å². The lowest BCUT2D eigenvalue weighted by Crippen LogP contribution is -2.62. The molecule has 0 aromatic heterocycles. The molecule has 0 amide bonds. The van der Waals surface area contributed by atoms with E-state index in [1.807, 2.05) is 13.0 Å². The first-order valence-corrected chi connectivity index (χ1v) is 10.1. The Morgan fingerprint density at radius 3 is 2.58 bits per heavy atom. The van der Waals surface area contributed by atoms with E-state index in [1.54, 1.807) is 26.1 Å². The lowest BCUT2D eigenvalue weighted by Gasteiger charge is -2.41. The minimum absolute atomic E-state index is 0.00199. The highest BCUT2D eigenvalue weighted by atomic mass is 16.7. The van der Waals surface area contributed by atoms with E-state index < -0.39 is 36.6 Å². The first-order valence-electron chi connectivity index (χ1n) is 10.1. The average molecular weight is 435 g/mol. The number of aliphatic hydroxyl groups is 2. The van der Waals surface area contributed by atoms with Crippen molar-refractivity contribution in [2.75, 3.05) is 27.4 Å². The van der Waals surface area contributed by atoms with Crippen molar-refractivity contribution in [3.8, 4) is 11.5 Å². The van der Waals surface area contributed by atoms with Crippen molar-refractivity contribution in [2.45, 2.75) is 44.5 Å². The van der Waals surface area contributed by atoms with Gasteiger partial charge in [-0.15, -0.1) is 0 Å². The van der Waals surface area contributed by atoms with E-state index in [0.717, 1.165) is 10.9 Å². The summed E-state index contributed by atoms with van der Waals surface area (Å²) in [5.74, 6) is -0.323. The molecule has 1 aliphatic heterocycles. The van der Waals surface area contributed by atoms with Crippen LogP contribution in [-0.2, 0) is 14.2 Å². The van der Waals surface area contributed by atoms with Crippen LogP contribution in [0.15, 0.2) is 24.3 Å². The molecule has 2 aromatic carbocycles. The molecule has 5 atom stereocenters. The number of hydrogen-bond acceptors (Lipinski definition) is 9. The van der Waals surface area contributed by atoms with Crippen molar-refractivity contribution in [2.24, 2.45) is 0 Å². The summed E-state index contributed by atoms with van der Waals surface area (Å²) in [6.45, 7) is 3.42. The number of esters is 1. The molecule has 0 aliphatic carbocycles. The van der Waals surface area contributed by atoms with Gasteiger partial charge in [0.15, 0.2) is 6.29 Å². The fraction of sp³-hybridized carbons (Fsp3) is 0.500. The third-order valence-corrected chi connectivity index (χ3v) is 5.51. The maximum atomic E-state index is 12.7. The second-order valence-corrected chi connectivity index (χ2v) is 7.51. The zero-order chi connectivity index (χ0) is 22.7. The van der Waals surface area contributed by atoms with Crippen molar-refractivity contribution < 1.29 is 39.1 Å². The molecule has 170 valence electrons. The third-order valence-electron chi connectivity index (χ3n) is 5.51. The number of fused-ring (bicyclic) bond motifs is 1. The van der Waals surface area contributed by atoms with Gasteiger partial charge >= 0.3 is 5.97 Å². The molecule has 1 aliphatic rings. The Bertz CT molecular complexity index is 933. The lowest BCUT2D eigenvalue weighted by atomic mass is 9.98. The van der Waals surface area contributed by atoms with Gasteiger partial charge in [-0.1, -0.05) is 6.07 Å². The van der Waals surface area contributed by atoms with Crippen LogP contribution in [0.4, 0.5) is 0 Å². The molecule has 3 rings (SSSR count). The van der Waals surface area contributed by atoms with Crippen molar-refractivity contribution in [1.29, 1.82) is 0 Å². The van der Waals surface area contributed by atoms with Crippen LogP contribution < -0.4 is 10.1 Å². The first-order chi connectivity index (χ1) is 14.8. The number of benzene rings is 2. The summed E-state index contributed by atoms with van der Waals surface area (Å²) in [4.78, 5) is 12.7. The molecule has 0 radical (unpaired) electrons. The van der Waals surface area contributed by atoms with Gasteiger partial charge in [0.05, 0.1) is 25.9 Å². The van der Waals surface area contributed by atoms with E-state index in [4.69, 9.17) is 18.9 Å². The van der Waals surface area contributed by atoms with Crippen molar-refractivity contribution in [3.63, 3.8) is 0 Å². The Hall–Kier alpha value is -2.43. The van der Waals surface area contributed by atoms with Crippen LogP contribution in [-0.4, -0.2) is 79.3 Å². The van der Waals surface area contributed by atoms with E-state index in [9.17, 15) is 20.1 Å². The minimum atomic E-state index is -1.06. The fourth-order valence-corrected chi connectivity index (χ4v) is 3.76. The van der Waals surface area contributed by atoms with E-state index in [0.29, 0.717) is 11.1 Å². The average Bonchev–Trinajstić information content (AvgIpc) is 2.74. The predicted molar refractivity (Wildman–Crippen MR) is 112 cm³/mol. The highest BCUT2D eigenvalue weighted by Gasteiger charge is 2.42. The second kappa shape index (κ2) is 9.80. The molecule has 0 saturated carbocycles. The highest BCUT2D eigenvalue weighted by Crippen LogP contribution is 2.33. The molecular weight excluding hydrogens is 406 g/mol. The molecule has 0 bridgehead atoms. The molecule has 31 heavy (non-hydrogen) atoms. The van der Waals surface area contributed by atoms with Gasteiger partial charge in [-0.3, -0.25) is 0 Å². The number of methoxy groups -OCH3 is 1. The van der Waals surface area contributed by atoms with Crippen LogP contribution in [0, 0.1) is 6.92 Å². The van der Waals surface area contributed by atoms with Crippen LogP contribution >= 0.6 is 0 Å². The number of nitrogens with one attached hydrogen (secondary N) is 1. The topological polar surface area (TPSA) is 127 Å². The molecule has 1 heterocycles. The number of rotatable bonds is 7. The molecule has 2 aromatic rings. The minimum Gasteiger partial charge on any atom is -0.507 e. The largest absolute Gasteiger partial charge is 0.507 e. The molecular formula is C22H29NO8. The Kier molecular flexibility index (Phi) is 7.34. The maximum Gasteiger partial charge on any atom is 0.342 e. The van der Waals surface area contributed by atoms with Gasteiger partial charge in [-0.2, -0.15) is 0 Å². The Balaban J connectivity index is 1.67. The van der Waals surface area contributed by atoms with Gasteiger partial charge in [0.1, 0.15) is 35.9 Å². The van der Waals surface area contributed by atoms with Crippen LogP contribution in [0.25, 0.3) is 10.8 Å². The molecule has 0 unspecified atom stereocenters. The standard InChI is InChI=1S/C22H29NO8/c1-11-9-13(28-4)10-15-14(11)5-6-16(24)17(15)21(27)29-7-8-30-22-18(23-3)20(26)19(25)12(2)31-22/h5-6,9-10,12,18-20,22-26H,7-8H2,1-4H3/t12-,18-,19+,20-,22+/m1/s1. The quantitative estimate of drug-likeness (QED) is 0.373. The maximum absolute atomic E-state index is 12.7. The summed E-state index contributed by atoms with van der Waals surface area (Å²) in [7, 11) is 3.15. The van der Waals surface area contributed by atoms with Crippen LogP contribution in [0.1, 0.15) is 22.8 Å². The summed E-state index contributed by atoms with van der Waals surface area (Å²) in [6.07, 6.45) is -3.54. The number of phenolic OH excluding ortho intramolecular Hbond substituents is 1. The summed E-state index contributed by atoms with van der Waals surface area (Å²) < 4.78 is 21.8. The van der Waals surface area contributed by atoms with Gasteiger partial charge in [0, 0.05) is 5.39 Å². The molecule has 0 spiro atoms. The fourth-order valence-electron chi connectivity index (χ4n) is 3.76. The van der Waals surface area contributed by atoms with Crippen LogP contribution in [0.3, 0.4) is 0 Å². The number of aromatic hydroxyl groups is 1. The van der Waals surface area contributed by atoms with Crippen molar-refractivity contribution in [1.82, 2.24) is 5.32 Å². The lowest BCUT2D eigenvalue weighted by molar-refractivity contribution is -0.261. The van der Waals surface area contributed by atoms with E-state index in [2.05, 4.69) is 5.32 Å². The number of carbonyl (C=O) groups is 1. The Morgan fingerprint density at radius 2 is 1.90 bits per heavy atom. The van der Waals surface area contributed by atoms with E-state index in [-0.39, 0.29) is 24.5 Å². The highest BCUT2D eigenvalue weighted by molar-refractivity contribution is 6.08. The first kappa shape index (κ1) is 23.2. The molecule has 1 fully saturated rings. The number of hydrogen-bond donors (Lipinski definition) is 4. The smallest absolute Gasteiger partial charge is 0.342 e. The zero-order valence-corrected chi connectivity index (χ0v) is 18.0. The van der Waals surface area contributed by atoms with Crippen molar-refractivity contribution in [3.05, 3.63) is 35.4 Å². The van der Waals surface area contributed by atoms with Gasteiger partial charge in [-0.05, 0) is 50.0 Å². The second-order valence-electron chi connectivity index (χ2n) is 7.51. The number of aryl methyl sites for hydroxylation is 1. The molecule has 9 heteroatoms. The number of ether oxygens (including phenoxy) is 4. The Labute approximate surface area is 180 Å². The van der Waals surface area contributed by atoms with Crippen LogP contribution in [0.2, 0.25) is 0 Å². The molecule has 1 saturated heterocycles. The van der Waals surface area contributed by atoms with E-state index in [1.165, 1.54) is 13.2 Å². The number of aliphatic hydroxyl groups excluding tert-OH is 2. The number of likely N-dealkylation sites (N-methyl/N-ethyl adjacent to an activating group) is 1. The van der Waals surface area contributed by atoms with Gasteiger partial charge in [-0.25, -0.2) is 4.79 Å². The summed E-state index contributed by atoms with van der Waals surface area (Å²) in [6, 6.07) is 6.07. The number of carbonyl (C=O) groups excluding carboxylic acids is 1. The zero-order valence-electron chi connectivity index (χ0n) is 18.0. The molecule has 9 nitrogen and oxygen atoms in total. The molecule has 4 N–H and O–H groups in total. The van der Waals surface area contributed by atoms with Crippen molar-refractivity contribution >= 4 is 16.7 Å². The van der Waals surface area contributed by atoms with Crippen LogP contribution in [0.5, 0.6) is 11.5 Å². The van der Waals surface area contributed by atoms with E-state index >= 15 is 0 Å². The summed E-state index contributed by atoms with van der Waals surface area (Å²) >= 11 is 0. The summed E-state index contributed by atoms with van der Waals surface area (Å²) in [5, 5.41) is 34.6. The Morgan fingerprint density at radius 1 is 1.16 bits per heavy atom. The monoisotopic (exact) mass is 435 g/mol. The SMILES string of the molecule is CN[C@H]1[C@@H](OCCOC(=O)c2c(O)ccc3c(C)cc(OC)cc23)O[C@H](C)[C@H](O)[C@@H]1O. The third kappa shape index (κ3) is 4.76. The van der Waals surface area contributed by atoms with Gasteiger partial charge < -0.3 is 39.6 Å². The van der Waals surface area contributed by atoms with Gasteiger partial charge in [0.25, 0.3) is 0 Å². The number of phenols is 1. The summed E-state index contributed by atoms with van der Waals surface area (Å²) in [5.41, 5.74) is 0.947. The normalized spacial score (nSPS) is 26.1.